The number of hydrogen-bond donors (Lipinski definition) is 3. The van der Waals surface area contributed by atoms with Crippen LogP contribution in [0.4, 0.5) is 5.82 Å². The van der Waals surface area contributed by atoms with E-state index >= 15 is 0 Å². The fraction of sp³-hybridized carbons (Fsp3) is 0.750. The van der Waals surface area contributed by atoms with Gasteiger partial charge in [0.05, 0.1) is 13.1 Å². The van der Waals surface area contributed by atoms with Gasteiger partial charge < -0.3 is 35.2 Å². The summed E-state index contributed by atoms with van der Waals surface area (Å²) < 4.78 is 2.02. The second-order valence-electron chi connectivity index (χ2n) is 14.7. The van der Waals surface area contributed by atoms with Gasteiger partial charge in [0, 0.05) is 51.3 Å². The highest BCUT2D eigenvalue weighted by atomic mass is 15.2. The van der Waals surface area contributed by atoms with Crippen LogP contribution >= 0.6 is 0 Å². The molecule has 6 heterocycles. The van der Waals surface area contributed by atoms with E-state index in [0.29, 0.717) is 0 Å². The molecule has 6 rings (SSSR count). The Kier molecular flexibility index (Phi) is 29.6. The normalized spacial score (nSPS) is 19.9. The molecule has 2 aromatic heterocycles. The maximum absolute atomic E-state index is 4.15. The number of likely N-dealkylation sites (tertiary alicyclic amines) is 3. The molecule has 54 heavy (non-hydrogen) atoms. The Hall–Kier alpha value is -2.79. The predicted molar refractivity (Wildman–Crippen MR) is 236 cm³/mol. The average Bonchev–Trinajstić information content (AvgIpc) is 3.99. The number of nitrogens with zero attached hydrogens (tertiary/aromatic N) is 7. The minimum absolute atomic E-state index is 0.850. The van der Waals surface area contributed by atoms with Crippen LogP contribution in [0.2, 0.25) is 0 Å². The Morgan fingerprint density at radius 3 is 1.93 bits per heavy atom. The Bertz CT molecular complexity index is 1170. The zero-order valence-corrected chi connectivity index (χ0v) is 36.6. The zero-order chi connectivity index (χ0) is 39.8. The van der Waals surface area contributed by atoms with Crippen LogP contribution in [0, 0.1) is 11.8 Å². The molecular weight excluding hydrogens is 669 g/mol. The maximum Gasteiger partial charge on any atom is 0.125 e. The van der Waals surface area contributed by atoms with E-state index in [4.69, 9.17) is 0 Å². The zero-order valence-electron chi connectivity index (χ0n) is 36.6. The first-order valence-corrected chi connectivity index (χ1v) is 21.7. The summed E-state index contributed by atoms with van der Waals surface area (Å²) >= 11 is 0. The Balaban J connectivity index is 0.000000324. The lowest BCUT2D eigenvalue weighted by atomic mass is 9.99. The fourth-order valence-electron chi connectivity index (χ4n) is 6.84. The van der Waals surface area contributed by atoms with Gasteiger partial charge in [0.25, 0.3) is 0 Å². The first kappa shape index (κ1) is 49.2. The van der Waals surface area contributed by atoms with Crippen molar-refractivity contribution >= 4 is 11.7 Å². The lowest BCUT2D eigenvalue weighted by Gasteiger charge is -2.29. The average molecular weight is 753 g/mol. The first-order chi connectivity index (χ1) is 26.2. The van der Waals surface area contributed by atoms with E-state index in [-0.39, 0.29) is 0 Å². The fourth-order valence-corrected chi connectivity index (χ4v) is 6.84. The number of piperidine rings is 2. The summed E-state index contributed by atoms with van der Waals surface area (Å²) in [4.78, 5) is 20.0. The molecular formula is C44H84N10. The molecule has 2 aromatic rings. The number of likely N-dealkylation sites (N-methyl/N-ethyl adjacent to an activating group) is 1. The van der Waals surface area contributed by atoms with E-state index in [1.165, 1.54) is 97.3 Å². The number of hydrogen-bond acceptors (Lipinski definition) is 9. The minimum atomic E-state index is 0.850. The lowest BCUT2D eigenvalue weighted by molar-refractivity contribution is 0.192. The third-order valence-electron chi connectivity index (χ3n) is 10.4. The van der Waals surface area contributed by atoms with Crippen LogP contribution in [-0.2, 0) is 13.6 Å². The second kappa shape index (κ2) is 32.5. The maximum atomic E-state index is 4.15. The van der Waals surface area contributed by atoms with Crippen LogP contribution in [0.3, 0.4) is 0 Å². The quantitative estimate of drug-likeness (QED) is 0.226. The molecule has 3 N–H and O–H groups in total. The van der Waals surface area contributed by atoms with Gasteiger partial charge in [-0.15, -0.1) is 0 Å². The summed E-state index contributed by atoms with van der Waals surface area (Å²) in [6, 6.07) is 6.73. The monoisotopic (exact) mass is 753 g/mol. The number of aryl methyl sites for hydroxylation is 1. The van der Waals surface area contributed by atoms with Crippen molar-refractivity contribution in [2.24, 2.45) is 23.9 Å². The van der Waals surface area contributed by atoms with Crippen LogP contribution in [0.5, 0.6) is 0 Å². The van der Waals surface area contributed by atoms with E-state index in [0.717, 1.165) is 68.1 Å². The van der Waals surface area contributed by atoms with Crippen molar-refractivity contribution in [3.63, 3.8) is 0 Å². The molecule has 0 aromatic carbocycles. The van der Waals surface area contributed by atoms with E-state index in [9.17, 15) is 0 Å². The number of amidine groups is 1. The molecule has 4 aliphatic heterocycles. The number of pyridine rings is 1. The third-order valence-corrected chi connectivity index (χ3v) is 10.4. The summed E-state index contributed by atoms with van der Waals surface area (Å²) in [7, 11) is 2.00. The van der Waals surface area contributed by atoms with Crippen LogP contribution in [0.1, 0.15) is 113 Å². The van der Waals surface area contributed by atoms with Gasteiger partial charge in [-0.2, -0.15) is 0 Å². The number of aromatic nitrogens is 3. The molecule has 0 aliphatic carbocycles. The molecule has 0 bridgehead atoms. The van der Waals surface area contributed by atoms with Crippen molar-refractivity contribution in [3.05, 3.63) is 54.8 Å². The molecule has 2 atom stereocenters. The third kappa shape index (κ3) is 23.2. The second-order valence-corrected chi connectivity index (χ2v) is 14.7. The highest BCUT2D eigenvalue weighted by Gasteiger charge is 2.20. The number of aliphatic imine (C=N–C) groups is 1. The van der Waals surface area contributed by atoms with Crippen molar-refractivity contribution < 1.29 is 0 Å². The molecule has 4 aliphatic rings. The first-order valence-electron chi connectivity index (χ1n) is 21.7. The van der Waals surface area contributed by atoms with Crippen LogP contribution < -0.4 is 16.0 Å². The summed E-state index contributed by atoms with van der Waals surface area (Å²) in [5.41, 5.74) is 0. The highest BCUT2D eigenvalue weighted by molar-refractivity contribution is 5.94. The Labute approximate surface area is 333 Å². The van der Waals surface area contributed by atoms with Crippen molar-refractivity contribution in [3.8, 4) is 0 Å². The van der Waals surface area contributed by atoms with Gasteiger partial charge in [-0.05, 0) is 141 Å². The molecule has 0 spiro atoms. The molecule has 0 saturated carbocycles. The standard InChI is InChI=1S/3C8H17N.C7H13N3.C7H10N2.C6H10N2/c1-3-9-6-4-8(2)5-7-9;1-3-9-6-4-5-8(2)7-9;1-3-8-6-5-7-9(8)4-2;1-3-8-6-7-9-4-5-10(7)2;1-2-8-7-5-3-4-6-9-7;1-2-7-6-4-3-5-8-6/h3*8H,3-7H2,1-2H3;4-5,8H,3,6H2,1-2H3;3-6H,2H2,1H3,(H,8,9);3-4H,2,5H2,1H3,(H,7,8). The van der Waals surface area contributed by atoms with Gasteiger partial charge in [-0.1, -0.05) is 60.6 Å². The summed E-state index contributed by atoms with van der Waals surface area (Å²) in [6.45, 7) is 34.9. The summed E-state index contributed by atoms with van der Waals surface area (Å²) in [5, 5.41) is 9.41. The summed E-state index contributed by atoms with van der Waals surface area (Å²) in [6.07, 6.45) is 19.5. The van der Waals surface area contributed by atoms with Gasteiger partial charge in [0.15, 0.2) is 0 Å². The molecule has 3 fully saturated rings. The minimum Gasteiger partial charge on any atom is -0.371 e. The smallest absolute Gasteiger partial charge is 0.125 e. The van der Waals surface area contributed by atoms with E-state index in [1.54, 1.807) is 6.20 Å². The number of imidazole rings is 1. The Morgan fingerprint density at radius 2 is 1.44 bits per heavy atom. The van der Waals surface area contributed by atoms with E-state index < -0.39 is 0 Å². The van der Waals surface area contributed by atoms with Gasteiger partial charge in [0.2, 0.25) is 0 Å². The van der Waals surface area contributed by atoms with Crippen molar-refractivity contribution in [1.29, 1.82) is 0 Å². The summed E-state index contributed by atoms with van der Waals surface area (Å²) in [5.74, 6) is 4.97. The Morgan fingerprint density at radius 1 is 0.722 bits per heavy atom. The number of rotatable bonds is 10. The highest BCUT2D eigenvalue weighted by Crippen LogP contribution is 2.18. The van der Waals surface area contributed by atoms with Crippen molar-refractivity contribution in [2.45, 2.75) is 120 Å². The van der Waals surface area contributed by atoms with Gasteiger partial charge in [-0.25, -0.2) is 9.97 Å². The lowest BCUT2D eigenvalue weighted by Crippen LogP contribution is -2.33. The van der Waals surface area contributed by atoms with Crippen molar-refractivity contribution in [1.82, 2.24) is 39.9 Å². The van der Waals surface area contributed by atoms with Crippen LogP contribution in [0.15, 0.2) is 53.9 Å². The molecule has 310 valence electrons. The number of nitrogens with one attached hydrogen (secondary N) is 3. The molecule has 3 saturated heterocycles. The van der Waals surface area contributed by atoms with E-state index in [1.807, 2.05) is 54.4 Å². The van der Waals surface area contributed by atoms with Crippen LogP contribution in [-0.4, -0.2) is 120 Å². The van der Waals surface area contributed by atoms with Gasteiger partial charge >= 0.3 is 0 Å². The number of anilines is 1. The molecule has 10 nitrogen and oxygen atoms in total. The molecule has 2 unspecified atom stereocenters. The molecule has 10 heteroatoms. The SMILES string of the molecule is CCC1CCCN1CC.CCN1CCC(C)CC1.CCN1CCCC(C)C1.CCNC1=NCC=C1.CCNCc1nccn1C.CCNc1ccccn1. The van der Waals surface area contributed by atoms with Crippen molar-refractivity contribution in [2.75, 3.05) is 83.9 Å². The molecule has 0 amide bonds. The van der Waals surface area contributed by atoms with Gasteiger partial charge in [-0.3, -0.25) is 4.99 Å². The predicted octanol–water partition coefficient (Wildman–Crippen LogP) is 7.96. The molecule has 0 radical (unpaired) electrons. The van der Waals surface area contributed by atoms with Gasteiger partial charge in [0.1, 0.15) is 17.5 Å². The largest absolute Gasteiger partial charge is 0.371 e. The topological polar surface area (TPSA) is 88.9 Å². The van der Waals surface area contributed by atoms with E-state index in [2.05, 4.69) is 108 Å². The van der Waals surface area contributed by atoms with Crippen LogP contribution in [0.25, 0.3) is 0 Å².